The average molecular weight is 527 g/mol. The van der Waals surface area contributed by atoms with Crippen molar-refractivity contribution < 1.29 is 19.1 Å². The predicted octanol–water partition coefficient (Wildman–Crippen LogP) is 7.05. The molecule has 0 aromatic heterocycles. The summed E-state index contributed by atoms with van der Waals surface area (Å²) in [6, 6.07) is 28.2. The van der Waals surface area contributed by atoms with Crippen LogP contribution in [-0.4, -0.2) is 26.0 Å². The van der Waals surface area contributed by atoms with Gasteiger partial charge in [0, 0.05) is 21.8 Å². The maximum Gasteiger partial charge on any atom is 0.255 e. The first-order chi connectivity index (χ1) is 18.4. The van der Waals surface area contributed by atoms with E-state index >= 15 is 0 Å². The number of aryl methyl sites for hydroxylation is 2. The zero-order valence-corrected chi connectivity index (χ0v) is 22.6. The highest BCUT2D eigenvalue weighted by Gasteiger charge is 2.23. The van der Waals surface area contributed by atoms with E-state index in [9.17, 15) is 9.59 Å². The molecule has 0 aliphatic rings. The number of rotatable bonds is 9. The molecule has 0 saturated heterocycles. The van der Waals surface area contributed by atoms with Crippen LogP contribution in [0.2, 0.25) is 0 Å². The lowest BCUT2D eigenvalue weighted by Gasteiger charge is -2.18. The highest BCUT2D eigenvalue weighted by Crippen LogP contribution is 2.37. The molecule has 0 bridgehead atoms. The number of methoxy groups -OCH3 is 2. The molecular weight excluding hydrogens is 496 g/mol. The maximum atomic E-state index is 13.4. The zero-order valence-electron chi connectivity index (χ0n) is 21.8. The van der Waals surface area contributed by atoms with E-state index in [0.717, 1.165) is 27.3 Å². The molecule has 0 saturated carbocycles. The van der Waals surface area contributed by atoms with Crippen molar-refractivity contribution in [2.24, 2.45) is 0 Å². The quantitative estimate of drug-likeness (QED) is 0.229. The van der Waals surface area contributed by atoms with Gasteiger partial charge in [0.05, 0.1) is 14.2 Å². The SMILES string of the molecule is COc1ccc(C(=O)Nc2ccc(SC(C(=O)Nc3cc(C)ccc3C)c3ccccc3)cc2)cc1OC. The standard InChI is InChI=1S/C31H30N2O4S/c1-20-10-11-21(2)26(18-20)33-31(35)29(22-8-6-5-7-9-22)38-25-15-13-24(14-16-25)32-30(34)23-12-17-27(36-3)28(19-23)37-4/h5-19,29H,1-4H3,(H,32,34)(H,33,35). The summed E-state index contributed by atoms with van der Waals surface area (Å²) in [6.07, 6.45) is 0. The van der Waals surface area contributed by atoms with Gasteiger partial charge in [0.15, 0.2) is 11.5 Å². The van der Waals surface area contributed by atoms with Gasteiger partial charge in [-0.2, -0.15) is 0 Å². The van der Waals surface area contributed by atoms with Crippen molar-refractivity contribution in [1.29, 1.82) is 0 Å². The summed E-state index contributed by atoms with van der Waals surface area (Å²) in [4.78, 5) is 27.1. The highest BCUT2D eigenvalue weighted by atomic mass is 32.2. The first kappa shape index (κ1) is 26.8. The van der Waals surface area contributed by atoms with Crippen molar-refractivity contribution in [2.45, 2.75) is 24.0 Å². The molecule has 6 nitrogen and oxygen atoms in total. The number of ether oxygens (including phenoxy) is 2. The molecule has 4 aromatic carbocycles. The zero-order chi connectivity index (χ0) is 27.1. The molecule has 4 rings (SSSR count). The van der Waals surface area contributed by atoms with Crippen LogP contribution in [0.25, 0.3) is 0 Å². The predicted molar refractivity (Wildman–Crippen MR) is 154 cm³/mol. The van der Waals surface area contributed by atoms with Crippen molar-refractivity contribution in [3.8, 4) is 11.5 Å². The maximum absolute atomic E-state index is 13.4. The fraction of sp³-hybridized carbons (Fsp3) is 0.161. The van der Waals surface area contributed by atoms with Crippen LogP contribution < -0.4 is 20.1 Å². The van der Waals surface area contributed by atoms with E-state index < -0.39 is 5.25 Å². The number of hydrogen-bond donors (Lipinski definition) is 2. The van der Waals surface area contributed by atoms with Gasteiger partial charge >= 0.3 is 0 Å². The van der Waals surface area contributed by atoms with Gasteiger partial charge in [-0.3, -0.25) is 9.59 Å². The molecular formula is C31H30N2O4S. The Morgan fingerprint density at radius 2 is 1.47 bits per heavy atom. The third-order valence-electron chi connectivity index (χ3n) is 6.00. The number of benzene rings is 4. The Balaban J connectivity index is 1.49. The minimum atomic E-state index is -0.455. The van der Waals surface area contributed by atoms with E-state index in [1.807, 2.05) is 86.6 Å². The Hall–Kier alpha value is -4.23. The molecule has 2 N–H and O–H groups in total. The third-order valence-corrected chi connectivity index (χ3v) is 7.27. The normalized spacial score (nSPS) is 11.4. The van der Waals surface area contributed by atoms with Crippen LogP contribution in [-0.2, 0) is 4.79 Å². The number of anilines is 2. The first-order valence-electron chi connectivity index (χ1n) is 12.1. The van der Waals surface area contributed by atoms with E-state index in [1.54, 1.807) is 25.3 Å². The van der Waals surface area contributed by atoms with E-state index in [2.05, 4.69) is 10.6 Å². The first-order valence-corrected chi connectivity index (χ1v) is 13.0. The molecule has 0 aliphatic heterocycles. The van der Waals surface area contributed by atoms with Crippen molar-refractivity contribution in [2.75, 3.05) is 24.9 Å². The monoisotopic (exact) mass is 526 g/mol. The van der Waals surface area contributed by atoms with Crippen LogP contribution in [0.5, 0.6) is 11.5 Å². The van der Waals surface area contributed by atoms with Gasteiger partial charge in [0.2, 0.25) is 5.91 Å². The van der Waals surface area contributed by atoms with Crippen LogP contribution in [0.3, 0.4) is 0 Å². The Morgan fingerprint density at radius 3 is 2.16 bits per heavy atom. The Morgan fingerprint density at radius 1 is 0.763 bits per heavy atom. The molecule has 0 radical (unpaired) electrons. The summed E-state index contributed by atoms with van der Waals surface area (Å²) in [5.74, 6) is 0.681. The second-order valence-electron chi connectivity index (χ2n) is 8.76. The average Bonchev–Trinajstić information content (AvgIpc) is 2.94. The largest absolute Gasteiger partial charge is 0.493 e. The van der Waals surface area contributed by atoms with Crippen LogP contribution in [0.4, 0.5) is 11.4 Å². The molecule has 4 aromatic rings. The molecule has 38 heavy (non-hydrogen) atoms. The third kappa shape index (κ3) is 6.55. The number of amides is 2. The highest BCUT2D eigenvalue weighted by molar-refractivity contribution is 8.00. The second kappa shape index (κ2) is 12.3. The molecule has 2 amide bonds. The number of carbonyl (C=O) groups is 2. The number of carbonyl (C=O) groups excluding carboxylic acids is 2. The van der Waals surface area contributed by atoms with E-state index in [0.29, 0.717) is 22.7 Å². The summed E-state index contributed by atoms with van der Waals surface area (Å²) in [5.41, 5.74) is 4.91. The van der Waals surface area contributed by atoms with Gasteiger partial charge in [0.1, 0.15) is 5.25 Å². The Labute approximate surface area is 227 Å². The molecule has 1 atom stereocenters. The van der Waals surface area contributed by atoms with Crippen LogP contribution in [0, 0.1) is 13.8 Å². The minimum absolute atomic E-state index is 0.0965. The lowest BCUT2D eigenvalue weighted by atomic mass is 10.1. The molecule has 194 valence electrons. The summed E-state index contributed by atoms with van der Waals surface area (Å²) < 4.78 is 10.5. The summed E-state index contributed by atoms with van der Waals surface area (Å²) >= 11 is 1.46. The number of nitrogens with one attached hydrogen (secondary N) is 2. The van der Waals surface area contributed by atoms with Crippen molar-refractivity contribution in [1.82, 2.24) is 0 Å². The van der Waals surface area contributed by atoms with E-state index in [4.69, 9.17) is 9.47 Å². The molecule has 7 heteroatoms. The van der Waals surface area contributed by atoms with Gasteiger partial charge in [-0.25, -0.2) is 0 Å². The Bertz CT molecular complexity index is 1420. The molecule has 0 spiro atoms. The molecule has 0 heterocycles. The fourth-order valence-electron chi connectivity index (χ4n) is 3.90. The number of hydrogen-bond acceptors (Lipinski definition) is 5. The van der Waals surface area contributed by atoms with Crippen molar-refractivity contribution >= 4 is 35.0 Å². The van der Waals surface area contributed by atoms with Gasteiger partial charge in [-0.1, -0.05) is 42.5 Å². The summed E-state index contributed by atoms with van der Waals surface area (Å²) in [6.45, 7) is 3.98. The Kier molecular flexibility index (Phi) is 8.71. The summed E-state index contributed by atoms with van der Waals surface area (Å²) in [7, 11) is 3.08. The topological polar surface area (TPSA) is 76.7 Å². The lowest BCUT2D eigenvalue weighted by Crippen LogP contribution is -2.19. The summed E-state index contributed by atoms with van der Waals surface area (Å²) in [5, 5.41) is 5.55. The smallest absolute Gasteiger partial charge is 0.255 e. The van der Waals surface area contributed by atoms with Crippen LogP contribution >= 0.6 is 11.8 Å². The molecule has 0 fully saturated rings. The van der Waals surface area contributed by atoms with Crippen molar-refractivity contribution in [3.63, 3.8) is 0 Å². The van der Waals surface area contributed by atoms with Gasteiger partial charge in [-0.15, -0.1) is 11.8 Å². The molecule has 1 unspecified atom stereocenters. The van der Waals surface area contributed by atoms with Crippen LogP contribution in [0.1, 0.15) is 32.3 Å². The van der Waals surface area contributed by atoms with Gasteiger partial charge in [-0.05, 0) is 79.1 Å². The number of thioether (sulfide) groups is 1. The van der Waals surface area contributed by atoms with Crippen molar-refractivity contribution in [3.05, 3.63) is 113 Å². The lowest BCUT2D eigenvalue weighted by molar-refractivity contribution is -0.115. The van der Waals surface area contributed by atoms with Crippen LogP contribution in [0.15, 0.2) is 95.9 Å². The minimum Gasteiger partial charge on any atom is -0.493 e. The van der Waals surface area contributed by atoms with Gasteiger partial charge < -0.3 is 20.1 Å². The van der Waals surface area contributed by atoms with E-state index in [1.165, 1.54) is 18.9 Å². The molecule has 0 aliphatic carbocycles. The van der Waals surface area contributed by atoms with E-state index in [-0.39, 0.29) is 11.8 Å². The van der Waals surface area contributed by atoms with Gasteiger partial charge in [0.25, 0.3) is 5.91 Å². The fourth-order valence-corrected chi connectivity index (χ4v) is 4.93. The second-order valence-corrected chi connectivity index (χ2v) is 9.94.